The van der Waals surface area contributed by atoms with Crippen LogP contribution in [-0.4, -0.2) is 5.78 Å². The van der Waals surface area contributed by atoms with Crippen LogP contribution >= 0.6 is 0 Å². The Bertz CT molecular complexity index is 666. The van der Waals surface area contributed by atoms with Gasteiger partial charge in [-0.3, -0.25) is 4.79 Å². The third-order valence-electron chi connectivity index (χ3n) is 4.01. The first-order chi connectivity index (χ1) is 10.2. The van der Waals surface area contributed by atoms with Gasteiger partial charge < -0.3 is 0 Å². The molecule has 0 heterocycles. The summed E-state index contributed by atoms with van der Waals surface area (Å²) < 4.78 is 0. The Morgan fingerprint density at radius 1 is 0.857 bits per heavy atom. The van der Waals surface area contributed by atoms with Crippen LogP contribution in [0, 0.1) is 5.41 Å². The Hall–Kier alpha value is -2.41. The summed E-state index contributed by atoms with van der Waals surface area (Å²) in [4.78, 5) is 12.7. The van der Waals surface area contributed by atoms with Gasteiger partial charge in [0.2, 0.25) is 0 Å². The van der Waals surface area contributed by atoms with Crippen molar-refractivity contribution in [2.24, 2.45) is 5.41 Å². The van der Waals surface area contributed by atoms with E-state index in [1.165, 1.54) is 5.56 Å². The Morgan fingerprint density at radius 3 is 1.95 bits per heavy atom. The van der Waals surface area contributed by atoms with Crippen LogP contribution in [-0.2, 0) is 0 Å². The van der Waals surface area contributed by atoms with Crippen molar-refractivity contribution in [1.82, 2.24) is 0 Å². The average Bonchev–Trinajstić information content (AvgIpc) is 2.56. The highest BCUT2D eigenvalue weighted by Crippen LogP contribution is 2.34. The van der Waals surface area contributed by atoms with Gasteiger partial charge in [0.1, 0.15) is 0 Å². The Balaban J connectivity index is 1.83. The fourth-order valence-corrected chi connectivity index (χ4v) is 2.68. The molecule has 0 aliphatic heterocycles. The van der Waals surface area contributed by atoms with Gasteiger partial charge in [-0.15, -0.1) is 0 Å². The van der Waals surface area contributed by atoms with Crippen molar-refractivity contribution in [2.75, 3.05) is 0 Å². The zero-order chi connectivity index (χ0) is 14.7. The smallest absolute Gasteiger partial charge is 0.176 e. The fraction of sp³-hybridized carbons (Fsp3) is 0.150. The predicted octanol–water partition coefficient (Wildman–Crippen LogP) is 4.79. The molecule has 2 aromatic carbocycles. The average molecular weight is 274 g/mol. The molecule has 0 radical (unpaired) electrons. The van der Waals surface area contributed by atoms with Crippen LogP contribution in [0.5, 0.6) is 0 Å². The summed E-state index contributed by atoms with van der Waals surface area (Å²) in [5, 5.41) is 0. The molecule has 1 aliphatic carbocycles. The standard InChI is InChI=1S/C20H18O/c1-20(19(21)18-10-6-3-7-11-18)14-12-17(13-15-20)16-8-4-2-5-9-16/h2-15,17H,1H3. The van der Waals surface area contributed by atoms with Gasteiger partial charge in [-0.2, -0.15) is 0 Å². The second-order valence-electron chi connectivity index (χ2n) is 5.63. The molecule has 0 amide bonds. The Kier molecular flexibility index (Phi) is 3.57. The van der Waals surface area contributed by atoms with Crippen molar-refractivity contribution in [1.29, 1.82) is 0 Å². The van der Waals surface area contributed by atoms with Crippen molar-refractivity contribution < 1.29 is 4.79 Å². The SMILES string of the molecule is CC1(C(=O)c2ccccc2)C=CC(c2ccccc2)C=C1. The second kappa shape index (κ2) is 5.53. The van der Waals surface area contributed by atoms with Crippen molar-refractivity contribution in [2.45, 2.75) is 12.8 Å². The van der Waals surface area contributed by atoms with E-state index in [2.05, 4.69) is 24.3 Å². The number of hydrogen-bond donors (Lipinski definition) is 0. The molecule has 1 aliphatic rings. The summed E-state index contributed by atoms with van der Waals surface area (Å²) in [6.45, 7) is 1.97. The summed E-state index contributed by atoms with van der Waals surface area (Å²) in [7, 11) is 0. The number of hydrogen-bond acceptors (Lipinski definition) is 1. The first-order valence-electron chi connectivity index (χ1n) is 7.22. The van der Waals surface area contributed by atoms with Gasteiger partial charge in [0.15, 0.2) is 5.78 Å². The molecule has 0 fully saturated rings. The summed E-state index contributed by atoms with van der Waals surface area (Å²) in [5.41, 5.74) is 1.46. The maximum absolute atomic E-state index is 12.7. The molecule has 0 atom stereocenters. The zero-order valence-corrected chi connectivity index (χ0v) is 12.1. The van der Waals surface area contributed by atoms with Crippen molar-refractivity contribution in [3.05, 3.63) is 96.1 Å². The van der Waals surface area contributed by atoms with Gasteiger partial charge in [0.05, 0.1) is 5.41 Å². The van der Waals surface area contributed by atoms with Crippen LogP contribution < -0.4 is 0 Å². The topological polar surface area (TPSA) is 17.1 Å². The third kappa shape index (κ3) is 2.73. The van der Waals surface area contributed by atoms with Gasteiger partial charge in [-0.1, -0.05) is 85.0 Å². The molecule has 3 rings (SSSR count). The van der Waals surface area contributed by atoms with E-state index >= 15 is 0 Å². The van der Waals surface area contributed by atoms with E-state index in [9.17, 15) is 4.79 Å². The number of carbonyl (C=O) groups excluding carboxylic acids is 1. The van der Waals surface area contributed by atoms with E-state index in [-0.39, 0.29) is 11.7 Å². The Morgan fingerprint density at radius 2 is 1.38 bits per heavy atom. The summed E-state index contributed by atoms with van der Waals surface area (Å²) >= 11 is 0. The molecule has 21 heavy (non-hydrogen) atoms. The van der Waals surface area contributed by atoms with Crippen LogP contribution in [0.15, 0.2) is 85.0 Å². The summed E-state index contributed by atoms with van der Waals surface area (Å²) in [6.07, 6.45) is 8.30. The van der Waals surface area contributed by atoms with Crippen LogP contribution in [0.1, 0.15) is 28.8 Å². The first-order valence-corrected chi connectivity index (χ1v) is 7.22. The van der Waals surface area contributed by atoms with Crippen molar-refractivity contribution >= 4 is 5.78 Å². The maximum atomic E-state index is 12.7. The molecule has 1 nitrogen and oxygen atoms in total. The van der Waals surface area contributed by atoms with Gasteiger partial charge in [0.25, 0.3) is 0 Å². The molecular formula is C20H18O. The molecule has 0 unspecified atom stereocenters. The van der Waals surface area contributed by atoms with E-state index in [0.29, 0.717) is 0 Å². The lowest BCUT2D eigenvalue weighted by Crippen LogP contribution is -2.25. The lowest BCUT2D eigenvalue weighted by molar-refractivity contribution is 0.0906. The number of benzene rings is 2. The number of allylic oxidation sites excluding steroid dienone is 4. The van der Waals surface area contributed by atoms with Gasteiger partial charge in [0, 0.05) is 11.5 Å². The third-order valence-corrected chi connectivity index (χ3v) is 4.01. The lowest BCUT2D eigenvalue weighted by Gasteiger charge is -2.25. The summed E-state index contributed by atoms with van der Waals surface area (Å²) in [5.74, 6) is 0.393. The number of ketones is 1. The van der Waals surface area contributed by atoms with Crippen LogP contribution in [0.2, 0.25) is 0 Å². The van der Waals surface area contributed by atoms with E-state index in [0.717, 1.165) is 5.56 Å². The van der Waals surface area contributed by atoms with Crippen LogP contribution in [0.4, 0.5) is 0 Å². The minimum absolute atomic E-state index is 0.141. The zero-order valence-electron chi connectivity index (χ0n) is 12.1. The quantitative estimate of drug-likeness (QED) is 0.581. The van der Waals surface area contributed by atoms with Gasteiger partial charge >= 0.3 is 0 Å². The van der Waals surface area contributed by atoms with E-state index < -0.39 is 5.41 Å². The predicted molar refractivity (Wildman–Crippen MR) is 86.3 cm³/mol. The van der Waals surface area contributed by atoms with E-state index in [4.69, 9.17) is 0 Å². The van der Waals surface area contributed by atoms with E-state index in [1.54, 1.807) is 0 Å². The number of rotatable bonds is 3. The lowest BCUT2D eigenvalue weighted by atomic mass is 9.76. The van der Waals surface area contributed by atoms with Crippen LogP contribution in [0.3, 0.4) is 0 Å². The van der Waals surface area contributed by atoms with E-state index in [1.807, 2.05) is 67.6 Å². The largest absolute Gasteiger partial charge is 0.293 e. The molecule has 0 N–H and O–H groups in total. The van der Waals surface area contributed by atoms with Crippen LogP contribution in [0.25, 0.3) is 0 Å². The number of Topliss-reactive ketones (excluding diaryl/α,β-unsaturated/α-hetero) is 1. The molecule has 0 bridgehead atoms. The molecule has 0 saturated carbocycles. The van der Waals surface area contributed by atoms with Crippen molar-refractivity contribution in [3.8, 4) is 0 Å². The molecule has 2 aromatic rings. The molecule has 1 heteroatoms. The monoisotopic (exact) mass is 274 g/mol. The highest BCUT2D eigenvalue weighted by molar-refractivity contribution is 6.03. The minimum atomic E-state index is -0.549. The molecule has 0 spiro atoms. The molecule has 104 valence electrons. The Labute approximate surface area is 125 Å². The highest BCUT2D eigenvalue weighted by Gasteiger charge is 2.30. The maximum Gasteiger partial charge on any atom is 0.176 e. The molecule has 0 saturated heterocycles. The summed E-state index contributed by atoms with van der Waals surface area (Å²) in [6, 6.07) is 19.8. The highest BCUT2D eigenvalue weighted by atomic mass is 16.1. The van der Waals surface area contributed by atoms with Crippen molar-refractivity contribution in [3.63, 3.8) is 0 Å². The van der Waals surface area contributed by atoms with Gasteiger partial charge in [-0.05, 0) is 12.5 Å². The minimum Gasteiger partial charge on any atom is -0.293 e. The first kappa shape index (κ1) is 13.6. The van der Waals surface area contributed by atoms with Gasteiger partial charge in [-0.25, -0.2) is 0 Å². The normalized spacial score (nSPS) is 24.0. The second-order valence-corrected chi connectivity index (χ2v) is 5.63. The number of carbonyl (C=O) groups is 1. The molecule has 0 aromatic heterocycles. The molecular weight excluding hydrogens is 256 g/mol. The fourth-order valence-electron chi connectivity index (χ4n) is 2.68.